The largest absolute Gasteiger partial charge is 0.508 e. The standard InChI is InChI=1S/C8H10AsNO5.C6H6O/c1-5(11)10-8-6(9(13,14)15)3-2-4-7(8)12;7-6-4-2-1-3-5-6/h2-4,12H,1H3,(H,10,11)(H2,13,14,15);1-5,7H. The first kappa shape index (κ1) is 17.8. The average molecular weight is 369 g/mol. The Hall–Kier alpha value is -2.21. The molecule has 0 aromatic heterocycles. The topological polar surface area (TPSA) is 127 Å². The van der Waals surface area contributed by atoms with Crippen LogP contribution in [0.1, 0.15) is 6.92 Å². The van der Waals surface area contributed by atoms with Crippen LogP contribution in [0.15, 0.2) is 48.5 Å². The number of benzene rings is 2. The van der Waals surface area contributed by atoms with Gasteiger partial charge in [-0.05, 0) is 12.1 Å². The van der Waals surface area contributed by atoms with E-state index in [1.807, 2.05) is 6.07 Å². The van der Waals surface area contributed by atoms with E-state index in [-0.39, 0.29) is 15.8 Å². The van der Waals surface area contributed by atoms with Gasteiger partial charge in [0.15, 0.2) is 0 Å². The van der Waals surface area contributed by atoms with Crippen molar-refractivity contribution < 1.29 is 26.9 Å². The predicted octanol–water partition coefficient (Wildman–Crippen LogP) is 0.304. The fraction of sp³-hybridized carbons (Fsp3) is 0.0714. The van der Waals surface area contributed by atoms with Gasteiger partial charge in [0.25, 0.3) is 0 Å². The molecular weight excluding hydrogens is 353 g/mol. The summed E-state index contributed by atoms with van der Waals surface area (Å²) >= 11 is -5.14. The smallest absolute Gasteiger partial charge is 0.115 e. The van der Waals surface area contributed by atoms with Crippen LogP contribution in [0, 0.1) is 0 Å². The molecular formula is C14H16AsNO6. The van der Waals surface area contributed by atoms with Crippen molar-refractivity contribution in [2.24, 2.45) is 0 Å². The molecule has 2 rings (SSSR count). The zero-order valence-electron chi connectivity index (χ0n) is 11.7. The Bertz CT molecular complexity index is 683. The second kappa shape index (κ2) is 7.70. The minimum atomic E-state index is -5.14. The van der Waals surface area contributed by atoms with Crippen molar-refractivity contribution >= 4 is 30.1 Å². The molecule has 118 valence electrons. The number of hydrogen-bond acceptors (Lipinski definition) is 4. The van der Waals surface area contributed by atoms with Crippen molar-refractivity contribution in [2.75, 3.05) is 5.32 Å². The van der Waals surface area contributed by atoms with Gasteiger partial charge in [-0.15, -0.1) is 0 Å². The van der Waals surface area contributed by atoms with E-state index in [1.165, 1.54) is 25.1 Å². The molecule has 2 aromatic rings. The van der Waals surface area contributed by atoms with Gasteiger partial charge in [-0.2, -0.15) is 0 Å². The van der Waals surface area contributed by atoms with Gasteiger partial charge in [0.05, 0.1) is 0 Å². The third-order valence-electron chi connectivity index (χ3n) is 2.39. The van der Waals surface area contributed by atoms with Gasteiger partial charge in [-0.25, -0.2) is 0 Å². The van der Waals surface area contributed by atoms with E-state index >= 15 is 0 Å². The monoisotopic (exact) mass is 369 g/mol. The number of phenols is 2. The Morgan fingerprint density at radius 2 is 1.59 bits per heavy atom. The van der Waals surface area contributed by atoms with Gasteiger partial charge in [0.2, 0.25) is 0 Å². The van der Waals surface area contributed by atoms with E-state index in [1.54, 1.807) is 24.3 Å². The summed E-state index contributed by atoms with van der Waals surface area (Å²) in [7, 11) is 0. The van der Waals surface area contributed by atoms with Gasteiger partial charge in [0, 0.05) is 0 Å². The third-order valence-corrected chi connectivity index (χ3v) is 4.49. The molecule has 0 aliphatic rings. The van der Waals surface area contributed by atoms with Gasteiger partial charge in [-0.3, -0.25) is 0 Å². The number of hydrogen-bond donors (Lipinski definition) is 5. The average Bonchev–Trinajstić information content (AvgIpc) is 2.41. The Kier molecular flexibility index (Phi) is 6.24. The first-order chi connectivity index (χ1) is 10.2. The molecule has 0 atom stereocenters. The van der Waals surface area contributed by atoms with Crippen LogP contribution in [0.4, 0.5) is 5.69 Å². The summed E-state index contributed by atoms with van der Waals surface area (Å²) in [5.74, 6) is -0.559. The number of aromatic hydroxyl groups is 2. The molecule has 5 N–H and O–H groups in total. The van der Waals surface area contributed by atoms with Crippen LogP contribution in [0.5, 0.6) is 11.5 Å². The van der Waals surface area contributed by atoms with Crippen molar-refractivity contribution in [2.45, 2.75) is 6.92 Å². The Balaban J connectivity index is 0.000000287. The van der Waals surface area contributed by atoms with E-state index in [2.05, 4.69) is 5.32 Å². The molecule has 0 heterocycles. The van der Waals surface area contributed by atoms with E-state index in [0.29, 0.717) is 5.75 Å². The fourth-order valence-corrected chi connectivity index (χ4v) is 3.06. The second-order valence-electron chi connectivity index (χ2n) is 4.23. The number of rotatable bonds is 2. The van der Waals surface area contributed by atoms with Crippen LogP contribution in [0.2, 0.25) is 0 Å². The molecule has 22 heavy (non-hydrogen) atoms. The molecule has 0 saturated carbocycles. The van der Waals surface area contributed by atoms with Crippen LogP contribution in [0.25, 0.3) is 0 Å². The van der Waals surface area contributed by atoms with Crippen molar-refractivity contribution in [3.63, 3.8) is 0 Å². The molecule has 7 nitrogen and oxygen atoms in total. The van der Waals surface area contributed by atoms with Gasteiger partial charge in [0.1, 0.15) is 5.75 Å². The van der Waals surface area contributed by atoms with E-state index in [4.69, 9.17) is 13.3 Å². The maximum atomic E-state index is 11.1. The van der Waals surface area contributed by atoms with E-state index in [0.717, 1.165) is 0 Å². The molecule has 0 aliphatic carbocycles. The van der Waals surface area contributed by atoms with Crippen LogP contribution >= 0.6 is 0 Å². The summed E-state index contributed by atoms with van der Waals surface area (Å²) in [6, 6.07) is 12.4. The first-order valence-electron chi connectivity index (χ1n) is 6.11. The normalized spacial score (nSPS) is 10.3. The zero-order chi connectivity index (χ0) is 16.8. The molecule has 0 unspecified atom stereocenters. The van der Waals surface area contributed by atoms with Gasteiger partial charge >= 0.3 is 88.1 Å². The number of amides is 1. The molecule has 0 bridgehead atoms. The molecule has 0 saturated heterocycles. The zero-order valence-corrected chi connectivity index (χ0v) is 13.5. The molecule has 0 spiro atoms. The molecule has 1 amide bonds. The predicted molar refractivity (Wildman–Crippen MR) is 81.0 cm³/mol. The second-order valence-corrected chi connectivity index (χ2v) is 7.53. The van der Waals surface area contributed by atoms with Crippen LogP contribution in [-0.2, 0) is 8.53 Å². The Morgan fingerprint density at radius 3 is 2.00 bits per heavy atom. The first-order valence-corrected chi connectivity index (χ1v) is 9.50. The molecule has 8 heteroatoms. The molecule has 2 aromatic carbocycles. The maximum absolute atomic E-state index is 11.1. The van der Waals surface area contributed by atoms with Crippen molar-refractivity contribution in [3.05, 3.63) is 48.5 Å². The van der Waals surface area contributed by atoms with Crippen LogP contribution < -0.4 is 9.67 Å². The summed E-state index contributed by atoms with van der Waals surface area (Å²) in [5, 5.41) is 20.2. The van der Waals surface area contributed by atoms with Crippen molar-refractivity contribution in [1.82, 2.24) is 0 Å². The Labute approximate surface area is 129 Å². The minimum Gasteiger partial charge on any atom is -0.508 e. The summed E-state index contributed by atoms with van der Waals surface area (Å²) in [4.78, 5) is 10.8. The van der Waals surface area contributed by atoms with E-state index in [9.17, 15) is 13.6 Å². The number of carbonyl (C=O) groups excluding carboxylic acids is 1. The number of phenolic OH excluding ortho intramolecular Hbond substituents is 2. The molecule has 0 fully saturated rings. The summed E-state index contributed by atoms with van der Waals surface area (Å²) in [5.41, 5.74) is -0.225. The SMILES string of the molecule is CC(=O)Nc1c(O)cccc1[As](=O)(O)O.Oc1ccccc1. The van der Waals surface area contributed by atoms with Crippen molar-refractivity contribution in [1.29, 1.82) is 0 Å². The Morgan fingerprint density at radius 1 is 1.00 bits per heavy atom. The fourth-order valence-electron chi connectivity index (χ4n) is 1.50. The quantitative estimate of drug-likeness (QED) is 0.383. The number of nitrogens with one attached hydrogen (secondary N) is 1. The summed E-state index contributed by atoms with van der Waals surface area (Å²) < 4.78 is 28.8. The van der Waals surface area contributed by atoms with Crippen molar-refractivity contribution in [3.8, 4) is 11.5 Å². The summed E-state index contributed by atoms with van der Waals surface area (Å²) in [6.07, 6.45) is 0. The summed E-state index contributed by atoms with van der Waals surface area (Å²) in [6.45, 7) is 1.18. The van der Waals surface area contributed by atoms with Gasteiger partial charge in [-0.1, -0.05) is 18.2 Å². The molecule has 0 radical (unpaired) electrons. The number of anilines is 1. The van der Waals surface area contributed by atoms with Crippen LogP contribution in [-0.4, -0.2) is 38.5 Å². The maximum Gasteiger partial charge on any atom is 0.115 e. The molecule has 0 aliphatic heterocycles. The van der Waals surface area contributed by atoms with Gasteiger partial charge < -0.3 is 5.11 Å². The van der Waals surface area contributed by atoms with E-state index < -0.39 is 20.1 Å². The number of para-hydroxylation sites is 2. The van der Waals surface area contributed by atoms with Crippen LogP contribution in [0.3, 0.4) is 0 Å². The third kappa shape index (κ3) is 5.65. The minimum absolute atomic E-state index is 0.225. The number of carbonyl (C=O) groups is 1.